The second-order valence-corrected chi connectivity index (χ2v) is 6.00. The van der Waals surface area contributed by atoms with Gasteiger partial charge >= 0.3 is 0 Å². The number of para-hydroxylation sites is 2. The molecule has 144 valence electrons. The van der Waals surface area contributed by atoms with Crippen LogP contribution in [-0.2, 0) is 6.42 Å². The van der Waals surface area contributed by atoms with E-state index in [1.807, 2.05) is 24.3 Å². The number of aromatic nitrogens is 1. The summed E-state index contributed by atoms with van der Waals surface area (Å²) in [6.45, 7) is 0.402. The van der Waals surface area contributed by atoms with Crippen LogP contribution in [0, 0.1) is 11.6 Å². The summed E-state index contributed by atoms with van der Waals surface area (Å²) in [5, 5.41) is 5.43. The second kappa shape index (κ2) is 8.94. The lowest BCUT2D eigenvalue weighted by Crippen LogP contribution is -2.26. The standard InChI is InChI=1S/C21H19F2N3O2/c1-28-19-8-3-2-5-14(19)9-10-25-21(27)15-11-16(13-24-12-15)26-20-17(22)6-4-7-18(20)23/h2-8,11-13,26H,9-10H2,1H3,(H,25,27). The van der Waals surface area contributed by atoms with E-state index in [0.29, 0.717) is 18.7 Å². The van der Waals surface area contributed by atoms with Gasteiger partial charge in [-0.1, -0.05) is 24.3 Å². The lowest BCUT2D eigenvalue weighted by atomic mass is 10.1. The molecule has 0 unspecified atom stereocenters. The lowest BCUT2D eigenvalue weighted by molar-refractivity contribution is 0.0953. The quantitative estimate of drug-likeness (QED) is 0.645. The summed E-state index contributed by atoms with van der Waals surface area (Å²) in [4.78, 5) is 16.3. The lowest BCUT2D eigenvalue weighted by Gasteiger charge is -2.11. The molecule has 0 atom stereocenters. The number of rotatable bonds is 7. The van der Waals surface area contributed by atoms with Crippen molar-refractivity contribution in [2.75, 3.05) is 19.0 Å². The highest BCUT2D eigenvalue weighted by Crippen LogP contribution is 2.23. The van der Waals surface area contributed by atoms with Crippen LogP contribution in [0.1, 0.15) is 15.9 Å². The summed E-state index contributed by atoms with van der Waals surface area (Å²) in [6, 6.07) is 12.6. The Morgan fingerprint density at radius 1 is 1.07 bits per heavy atom. The van der Waals surface area contributed by atoms with Gasteiger partial charge in [0.05, 0.1) is 24.6 Å². The van der Waals surface area contributed by atoms with Crippen LogP contribution in [0.25, 0.3) is 0 Å². The van der Waals surface area contributed by atoms with Gasteiger partial charge in [-0.2, -0.15) is 0 Å². The maximum Gasteiger partial charge on any atom is 0.252 e. The van der Waals surface area contributed by atoms with Crippen LogP contribution < -0.4 is 15.4 Å². The highest BCUT2D eigenvalue weighted by Gasteiger charge is 2.11. The minimum absolute atomic E-state index is 0.279. The predicted octanol–water partition coefficient (Wildman–Crippen LogP) is 4.08. The van der Waals surface area contributed by atoms with E-state index in [4.69, 9.17) is 4.74 Å². The molecule has 1 aromatic heterocycles. The SMILES string of the molecule is COc1ccccc1CCNC(=O)c1cncc(Nc2c(F)cccc2F)c1. The van der Waals surface area contributed by atoms with Crippen molar-refractivity contribution in [1.82, 2.24) is 10.3 Å². The Morgan fingerprint density at radius 2 is 1.82 bits per heavy atom. The van der Waals surface area contributed by atoms with E-state index in [1.165, 1.54) is 24.5 Å². The largest absolute Gasteiger partial charge is 0.496 e. The summed E-state index contributed by atoms with van der Waals surface area (Å²) in [5.74, 6) is -1.03. The molecule has 1 amide bonds. The Kier molecular flexibility index (Phi) is 6.16. The molecule has 0 aliphatic carbocycles. The predicted molar refractivity (Wildman–Crippen MR) is 103 cm³/mol. The van der Waals surface area contributed by atoms with Crippen molar-refractivity contribution in [3.63, 3.8) is 0 Å². The van der Waals surface area contributed by atoms with E-state index in [-0.39, 0.29) is 17.2 Å². The summed E-state index contributed by atoms with van der Waals surface area (Å²) in [5.41, 5.74) is 1.27. The number of benzene rings is 2. The molecule has 3 rings (SSSR count). The van der Waals surface area contributed by atoms with Crippen LogP contribution in [0.3, 0.4) is 0 Å². The molecule has 2 N–H and O–H groups in total. The number of hydrogen-bond donors (Lipinski definition) is 2. The van der Waals surface area contributed by atoms with Gasteiger partial charge in [0.1, 0.15) is 23.1 Å². The number of carbonyl (C=O) groups is 1. The molecule has 0 aliphatic heterocycles. The third-order valence-corrected chi connectivity index (χ3v) is 4.10. The van der Waals surface area contributed by atoms with Crippen LogP contribution in [0.5, 0.6) is 5.75 Å². The Morgan fingerprint density at radius 3 is 2.57 bits per heavy atom. The maximum absolute atomic E-state index is 13.8. The molecule has 0 bridgehead atoms. The molecule has 7 heteroatoms. The first-order chi connectivity index (χ1) is 13.6. The molecule has 0 fully saturated rings. The number of halogens is 2. The highest BCUT2D eigenvalue weighted by atomic mass is 19.1. The number of nitrogens with zero attached hydrogens (tertiary/aromatic N) is 1. The smallest absolute Gasteiger partial charge is 0.252 e. The number of hydrogen-bond acceptors (Lipinski definition) is 4. The van der Waals surface area contributed by atoms with E-state index in [9.17, 15) is 13.6 Å². The second-order valence-electron chi connectivity index (χ2n) is 6.00. The molecule has 0 spiro atoms. The van der Waals surface area contributed by atoms with Crippen LogP contribution in [0.4, 0.5) is 20.2 Å². The number of methoxy groups -OCH3 is 1. The Hall–Kier alpha value is -3.48. The fourth-order valence-electron chi connectivity index (χ4n) is 2.72. The summed E-state index contributed by atoms with van der Waals surface area (Å²) in [6.07, 6.45) is 3.38. The molecular formula is C21H19F2N3O2. The van der Waals surface area contributed by atoms with E-state index in [2.05, 4.69) is 15.6 Å². The average molecular weight is 383 g/mol. The Balaban J connectivity index is 1.64. The van der Waals surface area contributed by atoms with Crippen LogP contribution in [-0.4, -0.2) is 24.5 Å². The number of anilines is 2. The first kappa shape index (κ1) is 19.3. The van der Waals surface area contributed by atoms with Gasteiger partial charge in [-0.05, 0) is 36.2 Å². The number of pyridine rings is 1. The van der Waals surface area contributed by atoms with Crippen molar-refractivity contribution in [2.45, 2.75) is 6.42 Å². The molecule has 3 aromatic rings. The van der Waals surface area contributed by atoms with Gasteiger partial charge in [0.15, 0.2) is 0 Å². The number of ether oxygens (including phenoxy) is 1. The van der Waals surface area contributed by atoms with Gasteiger partial charge in [-0.3, -0.25) is 9.78 Å². The Bertz CT molecular complexity index is 959. The van der Waals surface area contributed by atoms with Crippen molar-refractivity contribution < 1.29 is 18.3 Å². The molecule has 0 saturated heterocycles. The van der Waals surface area contributed by atoms with Gasteiger partial charge in [-0.15, -0.1) is 0 Å². The van der Waals surface area contributed by atoms with Crippen molar-refractivity contribution in [1.29, 1.82) is 0 Å². The van der Waals surface area contributed by atoms with Crippen LogP contribution >= 0.6 is 0 Å². The molecule has 2 aromatic carbocycles. The highest BCUT2D eigenvalue weighted by molar-refractivity contribution is 5.94. The summed E-state index contributed by atoms with van der Waals surface area (Å²) < 4.78 is 32.8. The summed E-state index contributed by atoms with van der Waals surface area (Å²) in [7, 11) is 1.60. The molecule has 0 aliphatic rings. The fraction of sp³-hybridized carbons (Fsp3) is 0.143. The third-order valence-electron chi connectivity index (χ3n) is 4.10. The van der Waals surface area contributed by atoms with Crippen LogP contribution in [0.15, 0.2) is 60.9 Å². The number of amides is 1. The van der Waals surface area contributed by atoms with Gasteiger partial charge in [-0.25, -0.2) is 8.78 Å². The van der Waals surface area contributed by atoms with E-state index in [0.717, 1.165) is 23.4 Å². The zero-order chi connectivity index (χ0) is 19.9. The fourth-order valence-corrected chi connectivity index (χ4v) is 2.72. The number of nitrogens with one attached hydrogen (secondary N) is 2. The first-order valence-corrected chi connectivity index (χ1v) is 8.64. The van der Waals surface area contributed by atoms with Gasteiger partial charge in [0, 0.05) is 12.7 Å². The minimum atomic E-state index is -0.730. The Labute approximate surface area is 161 Å². The molecule has 1 heterocycles. The third kappa shape index (κ3) is 4.62. The summed E-state index contributed by atoms with van der Waals surface area (Å²) >= 11 is 0. The van der Waals surface area contributed by atoms with Gasteiger partial charge in [0.2, 0.25) is 0 Å². The zero-order valence-corrected chi connectivity index (χ0v) is 15.2. The van der Waals surface area contributed by atoms with Crippen LogP contribution in [0.2, 0.25) is 0 Å². The van der Waals surface area contributed by atoms with Gasteiger partial charge < -0.3 is 15.4 Å². The van der Waals surface area contributed by atoms with Crippen molar-refractivity contribution >= 4 is 17.3 Å². The van der Waals surface area contributed by atoms with E-state index < -0.39 is 11.6 Å². The van der Waals surface area contributed by atoms with Crippen molar-refractivity contribution in [2.24, 2.45) is 0 Å². The van der Waals surface area contributed by atoms with Crippen molar-refractivity contribution in [3.05, 3.63) is 83.7 Å². The van der Waals surface area contributed by atoms with Gasteiger partial charge in [0.25, 0.3) is 5.91 Å². The van der Waals surface area contributed by atoms with Crippen molar-refractivity contribution in [3.8, 4) is 5.75 Å². The maximum atomic E-state index is 13.8. The molecular weight excluding hydrogens is 364 g/mol. The molecule has 0 radical (unpaired) electrons. The average Bonchev–Trinajstić information content (AvgIpc) is 2.71. The molecule has 28 heavy (non-hydrogen) atoms. The normalized spacial score (nSPS) is 10.4. The monoisotopic (exact) mass is 383 g/mol. The zero-order valence-electron chi connectivity index (χ0n) is 15.2. The van der Waals surface area contributed by atoms with E-state index >= 15 is 0 Å². The van der Waals surface area contributed by atoms with E-state index in [1.54, 1.807) is 7.11 Å². The molecule has 5 nitrogen and oxygen atoms in total. The first-order valence-electron chi connectivity index (χ1n) is 8.64. The number of carbonyl (C=O) groups excluding carboxylic acids is 1. The minimum Gasteiger partial charge on any atom is -0.496 e. The molecule has 0 saturated carbocycles. The topological polar surface area (TPSA) is 63.2 Å².